The summed E-state index contributed by atoms with van der Waals surface area (Å²) in [6.45, 7) is 1.51. The second-order valence-electron chi connectivity index (χ2n) is 5.11. The first-order valence-electron chi connectivity index (χ1n) is 6.51. The third kappa shape index (κ3) is 2.96. The molecule has 1 saturated carbocycles. The zero-order valence-corrected chi connectivity index (χ0v) is 11.5. The van der Waals surface area contributed by atoms with Crippen LogP contribution < -0.4 is 16.4 Å². The maximum Gasteiger partial charge on any atom is 0.353 e. The first kappa shape index (κ1) is 14.8. The summed E-state index contributed by atoms with van der Waals surface area (Å²) in [6, 6.07) is -1.57. The van der Waals surface area contributed by atoms with E-state index in [-0.39, 0.29) is 5.69 Å². The van der Waals surface area contributed by atoms with Crippen molar-refractivity contribution >= 4 is 17.9 Å². The van der Waals surface area contributed by atoms with Gasteiger partial charge in [-0.25, -0.2) is 14.6 Å². The topological polar surface area (TPSA) is 150 Å². The molecule has 1 aliphatic rings. The van der Waals surface area contributed by atoms with E-state index < -0.39 is 29.5 Å². The van der Waals surface area contributed by atoms with Gasteiger partial charge < -0.3 is 26.5 Å². The highest BCUT2D eigenvalue weighted by Crippen LogP contribution is 2.39. The van der Waals surface area contributed by atoms with Crippen molar-refractivity contribution < 1.29 is 19.5 Å². The minimum Gasteiger partial charge on any atom is -0.477 e. The lowest BCUT2D eigenvalue weighted by molar-refractivity contribution is -0.126. The molecule has 9 nitrogen and oxygen atoms in total. The first-order chi connectivity index (χ1) is 9.84. The van der Waals surface area contributed by atoms with E-state index in [9.17, 15) is 14.4 Å². The third-order valence-electron chi connectivity index (χ3n) is 3.58. The number of carboxylic acid groups (broad SMARTS) is 1. The molecule has 0 aromatic carbocycles. The van der Waals surface area contributed by atoms with Gasteiger partial charge in [0, 0.05) is 0 Å². The van der Waals surface area contributed by atoms with E-state index in [2.05, 4.69) is 20.6 Å². The number of aromatic carboxylic acids is 1. The number of hydrogen-bond donors (Lipinski definition) is 5. The Balaban J connectivity index is 2.12. The Labute approximate surface area is 120 Å². The predicted molar refractivity (Wildman–Crippen MR) is 71.4 cm³/mol. The van der Waals surface area contributed by atoms with E-state index in [1.54, 1.807) is 0 Å². The van der Waals surface area contributed by atoms with Gasteiger partial charge in [-0.15, -0.1) is 0 Å². The summed E-state index contributed by atoms with van der Waals surface area (Å²) in [5.74, 6) is -1.11. The molecule has 9 heteroatoms. The number of rotatable bonds is 5. The standard InChI is InChI=1S/C12H17N5O4/c1-6(15-11(13)21)8(18)17-12(3-2-4-12)10-14-5-7(16-10)9(19)20/h5-6H,2-4H2,1H3,(H,14,16)(H,17,18)(H,19,20)(H3,13,15,21). The van der Waals surface area contributed by atoms with Gasteiger partial charge in [0.25, 0.3) is 0 Å². The summed E-state index contributed by atoms with van der Waals surface area (Å²) in [4.78, 5) is 40.4. The summed E-state index contributed by atoms with van der Waals surface area (Å²) in [5.41, 5.74) is 4.23. The highest BCUT2D eigenvalue weighted by Gasteiger charge is 2.43. The Bertz CT molecular complexity index is 578. The summed E-state index contributed by atoms with van der Waals surface area (Å²) in [6.07, 6.45) is 3.40. The number of aromatic nitrogens is 2. The molecule has 0 radical (unpaired) electrons. The molecule has 0 aliphatic heterocycles. The molecule has 0 saturated heterocycles. The minimum absolute atomic E-state index is 0.0335. The van der Waals surface area contributed by atoms with Crippen LogP contribution in [0.1, 0.15) is 42.5 Å². The van der Waals surface area contributed by atoms with Gasteiger partial charge in [-0.2, -0.15) is 0 Å². The Morgan fingerprint density at radius 2 is 2.14 bits per heavy atom. The molecule has 1 aromatic heterocycles. The maximum atomic E-state index is 12.1. The number of H-pyrrole nitrogens is 1. The Hall–Kier alpha value is -2.58. The van der Waals surface area contributed by atoms with Gasteiger partial charge in [-0.05, 0) is 26.2 Å². The highest BCUT2D eigenvalue weighted by atomic mass is 16.4. The van der Waals surface area contributed by atoms with E-state index in [0.29, 0.717) is 18.7 Å². The van der Waals surface area contributed by atoms with Gasteiger partial charge in [0.1, 0.15) is 17.6 Å². The monoisotopic (exact) mass is 295 g/mol. The number of carboxylic acids is 1. The molecule has 21 heavy (non-hydrogen) atoms. The van der Waals surface area contributed by atoms with E-state index in [1.165, 1.54) is 13.1 Å². The molecule has 1 unspecified atom stereocenters. The number of nitrogens with zero attached hydrogens (tertiary/aromatic N) is 1. The minimum atomic E-state index is -1.11. The van der Waals surface area contributed by atoms with Crippen molar-refractivity contribution in [1.82, 2.24) is 20.6 Å². The number of imidazole rings is 1. The van der Waals surface area contributed by atoms with E-state index in [4.69, 9.17) is 10.8 Å². The number of aromatic amines is 1. The van der Waals surface area contributed by atoms with E-state index >= 15 is 0 Å². The maximum absolute atomic E-state index is 12.1. The lowest BCUT2D eigenvalue weighted by Crippen LogP contribution is -2.57. The molecule has 2 rings (SSSR count). The van der Waals surface area contributed by atoms with Gasteiger partial charge in [-0.1, -0.05) is 0 Å². The zero-order chi connectivity index (χ0) is 15.6. The van der Waals surface area contributed by atoms with Crippen LogP contribution >= 0.6 is 0 Å². The van der Waals surface area contributed by atoms with Crippen LogP contribution in [0.5, 0.6) is 0 Å². The van der Waals surface area contributed by atoms with E-state index in [0.717, 1.165) is 6.42 Å². The number of hydrogen-bond acceptors (Lipinski definition) is 4. The molecule has 1 aliphatic carbocycles. The second kappa shape index (κ2) is 5.43. The fraction of sp³-hybridized carbons (Fsp3) is 0.500. The molecular formula is C12H17N5O4. The number of carbonyl (C=O) groups is 3. The Morgan fingerprint density at radius 1 is 1.48 bits per heavy atom. The molecule has 0 spiro atoms. The van der Waals surface area contributed by atoms with Crippen molar-refractivity contribution in [1.29, 1.82) is 0 Å². The molecular weight excluding hydrogens is 278 g/mol. The van der Waals surface area contributed by atoms with Crippen LogP contribution in [0.4, 0.5) is 4.79 Å². The number of primary amides is 1. The normalized spacial score (nSPS) is 17.4. The summed E-state index contributed by atoms with van der Waals surface area (Å²) in [7, 11) is 0. The van der Waals surface area contributed by atoms with Crippen LogP contribution in [0, 0.1) is 0 Å². The van der Waals surface area contributed by atoms with Gasteiger partial charge in [0.15, 0.2) is 0 Å². The van der Waals surface area contributed by atoms with Crippen LogP contribution in [0.25, 0.3) is 0 Å². The van der Waals surface area contributed by atoms with Gasteiger partial charge in [-0.3, -0.25) is 4.79 Å². The van der Waals surface area contributed by atoms with Crippen LogP contribution in [-0.2, 0) is 10.3 Å². The smallest absolute Gasteiger partial charge is 0.353 e. The summed E-state index contributed by atoms with van der Waals surface area (Å²) in [5, 5.41) is 14.0. The summed E-state index contributed by atoms with van der Waals surface area (Å²) < 4.78 is 0. The van der Waals surface area contributed by atoms with Crippen LogP contribution in [0.2, 0.25) is 0 Å². The molecule has 1 aromatic rings. The van der Waals surface area contributed by atoms with Crippen molar-refractivity contribution in [2.75, 3.05) is 0 Å². The first-order valence-corrected chi connectivity index (χ1v) is 6.51. The largest absolute Gasteiger partial charge is 0.477 e. The molecule has 0 bridgehead atoms. The number of urea groups is 1. The van der Waals surface area contributed by atoms with Crippen molar-refractivity contribution in [3.8, 4) is 0 Å². The quantitative estimate of drug-likeness (QED) is 0.503. The number of nitrogens with one attached hydrogen (secondary N) is 3. The molecule has 114 valence electrons. The second-order valence-corrected chi connectivity index (χ2v) is 5.11. The fourth-order valence-electron chi connectivity index (χ4n) is 2.25. The number of amides is 3. The number of carbonyl (C=O) groups excluding carboxylic acids is 2. The predicted octanol–water partition coefficient (Wildman–Crippen LogP) is -0.340. The fourth-order valence-corrected chi connectivity index (χ4v) is 2.25. The van der Waals surface area contributed by atoms with Gasteiger partial charge >= 0.3 is 12.0 Å². The lowest BCUT2D eigenvalue weighted by Gasteiger charge is -2.41. The van der Waals surface area contributed by atoms with Crippen LogP contribution in [-0.4, -0.2) is 39.0 Å². The van der Waals surface area contributed by atoms with Crippen molar-refractivity contribution in [2.24, 2.45) is 5.73 Å². The molecule has 1 fully saturated rings. The lowest BCUT2D eigenvalue weighted by atomic mass is 9.76. The molecule has 1 heterocycles. The van der Waals surface area contributed by atoms with Gasteiger partial charge in [0.05, 0.1) is 11.7 Å². The Kier molecular flexibility index (Phi) is 3.83. The third-order valence-corrected chi connectivity index (χ3v) is 3.58. The Morgan fingerprint density at radius 3 is 2.57 bits per heavy atom. The van der Waals surface area contributed by atoms with Crippen LogP contribution in [0.15, 0.2) is 6.20 Å². The highest BCUT2D eigenvalue weighted by molar-refractivity contribution is 5.87. The zero-order valence-electron chi connectivity index (χ0n) is 11.5. The van der Waals surface area contributed by atoms with Crippen molar-refractivity contribution in [2.45, 2.75) is 37.8 Å². The molecule has 6 N–H and O–H groups in total. The number of nitrogens with two attached hydrogens (primary N) is 1. The van der Waals surface area contributed by atoms with E-state index in [1.807, 2.05) is 0 Å². The summed E-state index contributed by atoms with van der Waals surface area (Å²) >= 11 is 0. The van der Waals surface area contributed by atoms with Gasteiger partial charge in [0.2, 0.25) is 5.91 Å². The average Bonchev–Trinajstić information content (AvgIpc) is 2.82. The molecule has 3 amide bonds. The SMILES string of the molecule is CC(NC(N)=O)C(=O)NC1(c2ncc(C(=O)O)[nH]2)CCC1. The molecule has 1 atom stereocenters. The van der Waals surface area contributed by atoms with Crippen LogP contribution in [0.3, 0.4) is 0 Å². The van der Waals surface area contributed by atoms with Crippen molar-refractivity contribution in [3.05, 3.63) is 17.7 Å². The average molecular weight is 295 g/mol. The van der Waals surface area contributed by atoms with Crippen molar-refractivity contribution in [3.63, 3.8) is 0 Å².